The molecule has 0 radical (unpaired) electrons. The molecule has 1 unspecified atom stereocenters. The van der Waals surface area contributed by atoms with Gasteiger partial charge in [-0.3, -0.25) is 19.7 Å². The van der Waals surface area contributed by atoms with Gasteiger partial charge in [0.05, 0.1) is 17.2 Å². The zero-order valence-electron chi connectivity index (χ0n) is 20.7. The molecule has 0 aromatic heterocycles. The molecule has 0 bridgehead atoms. The average molecular weight is 558 g/mol. The van der Waals surface area contributed by atoms with Gasteiger partial charge >= 0.3 is 0 Å². The predicted molar refractivity (Wildman–Crippen MR) is 153 cm³/mol. The normalized spacial score (nSPS) is 14.8. The summed E-state index contributed by atoms with van der Waals surface area (Å²) in [6, 6.07) is 28.7. The Morgan fingerprint density at radius 2 is 1.74 bits per heavy atom. The minimum Gasteiger partial charge on any atom is -0.348 e. The third-order valence-corrected chi connectivity index (χ3v) is 8.05. The molecule has 0 fully saturated rings. The Balaban J connectivity index is 1.34. The molecule has 4 aromatic carbocycles. The molecular weight excluding hydrogens is 534 g/mol. The van der Waals surface area contributed by atoms with Crippen molar-refractivity contribution in [1.82, 2.24) is 5.32 Å². The maximum absolute atomic E-state index is 13.5. The number of benzene rings is 4. The van der Waals surface area contributed by atoms with Crippen LogP contribution in [0, 0.1) is 10.1 Å². The van der Waals surface area contributed by atoms with Crippen LogP contribution in [0.1, 0.15) is 38.7 Å². The second-order valence-corrected chi connectivity index (χ2v) is 10.8. The summed E-state index contributed by atoms with van der Waals surface area (Å²) in [6.45, 7) is 0.465. The van der Waals surface area contributed by atoms with Gasteiger partial charge in [0.15, 0.2) is 0 Å². The number of nitro benzene ring substituents is 1. The number of fused-ring (bicyclic) bond motifs is 1. The second-order valence-electron chi connectivity index (χ2n) is 9.08. The first-order valence-electron chi connectivity index (χ1n) is 12.3. The minimum absolute atomic E-state index is 0.0135. The first-order chi connectivity index (χ1) is 18.9. The van der Waals surface area contributed by atoms with Crippen LogP contribution in [0.15, 0.2) is 102 Å². The van der Waals surface area contributed by atoms with Gasteiger partial charge in [0, 0.05) is 45.3 Å². The molecule has 0 saturated carbocycles. The summed E-state index contributed by atoms with van der Waals surface area (Å²) < 4.78 is 0. The van der Waals surface area contributed by atoms with E-state index in [2.05, 4.69) is 5.32 Å². The molecule has 196 valence electrons. The van der Waals surface area contributed by atoms with Gasteiger partial charge in [-0.1, -0.05) is 66.2 Å². The van der Waals surface area contributed by atoms with E-state index >= 15 is 0 Å². The maximum Gasteiger partial charge on any atom is 0.274 e. The molecule has 0 saturated heterocycles. The largest absolute Gasteiger partial charge is 0.348 e. The molecule has 1 aliphatic rings. The van der Waals surface area contributed by atoms with Gasteiger partial charge in [-0.15, -0.1) is 11.8 Å². The summed E-state index contributed by atoms with van der Waals surface area (Å²) in [6.07, 6.45) is 0.209. The highest BCUT2D eigenvalue weighted by Crippen LogP contribution is 2.46. The van der Waals surface area contributed by atoms with E-state index < -0.39 is 4.92 Å². The molecule has 9 heteroatoms. The van der Waals surface area contributed by atoms with Crippen LogP contribution >= 0.6 is 23.4 Å². The van der Waals surface area contributed by atoms with Crippen molar-refractivity contribution in [3.63, 3.8) is 0 Å². The summed E-state index contributed by atoms with van der Waals surface area (Å²) in [4.78, 5) is 39.9. The number of para-hydroxylation sites is 2. The SMILES string of the molecule is O=C(NCc1cccc(Cl)c1)c1ccc(C2CC(=O)N(Cc3ccccc3[N+](=O)[O-])c3ccccc3S2)cc1. The van der Waals surface area contributed by atoms with Crippen LogP contribution in [0.25, 0.3) is 0 Å². The van der Waals surface area contributed by atoms with Gasteiger partial charge < -0.3 is 10.2 Å². The van der Waals surface area contributed by atoms with Crippen molar-refractivity contribution in [2.75, 3.05) is 4.90 Å². The van der Waals surface area contributed by atoms with Crippen LogP contribution in [0.3, 0.4) is 0 Å². The Kier molecular flexibility index (Phi) is 7.95. The number of carbonyl (C=O) groups is 2. The number of thioether (sulfide) groups is 1. The van der Waals surface area contributed by atoms with Gasteiger partial charge in [0.25, 0.3) is 11.6 Å². The molecule has 1 atom stereocenters. The molecule has 39 heavy (non-hydrogen) atoms. The van der Waals surface area contributed by atoms with Gasteiger partial charge in [-0.2, -0.15) is 0 Å². The van der Waals surface area contributed by atoms with Crippen LogP contribution < -0.4 is 10.2 Å². The molecule has 7 nitrogen and oxygen atoms in total. The fourth-order valence-corrected chi connectivity index (χ4v) is 6.01. The van der Waals surface area contributed by atoms with E-state index in [0.29, 0.717) is 22.7 Å². The van der Waals surface area contributed by atoms with Gasteiger partial charge in [-0.05, 0) is 47.5 Å². The fraction of sp³-hybridized carbons (Fsp3) is 0.133. The van der Waals surface area contributed by atoms with Gasteiger partial charge in [-0.25, -0.2) is 0 Å². The monoisotopic (exact) mass is 557 g/mol. The zero-order valence-corrected chi connectivity index (χ0v) is 22.3. The van der Waals surface area contributed by atoms with E-state index in [9.17, 15) is 19.7 Å². The van der Waals surface area contributed by atoms with Crippen molar-refractivity contribution in [3.8, 4) is 0 Å². The lowest BCUT2D eigenvalue weighted by atomic mass is 10.1. The highest BCUT2D eigenvalue weighted by atomic mass is 35.5. The molecular formula is C30H24ClN3O4S. The summed E-state index contributed by atoms with van der Waals surface area (Å²) in [5.74, 6) is -0.328. The first-order valence-corrected chi connectivity index (χ1v) is 13.6. The van der Waals surface area contributed by atoms with E-state index in [1.807, 2.05) is 54.6 Å². The molecule has 4 aromatic rings. The Morgan fingerprint density at radius 3 is 2.51 bits per heavy atom. The minimum atomic E-state index is -0.423. The van der Waals surface area contributed by atoms with Crippen LogP contribution in [0.2, 0.25) is 5.02 Å². The fourth-order valence-electron chi connectivity index (χ4n) is 4.51. The van der Waals surface area contributed by atoms with E-state index in [1.54, 1.807) is 53.1 Å². The Hall–Kier alpha value is -4.14. The zero-order chi connectivity index (χ0) is 27.4. The van der Waals surface area contributed by atoms with Crippen molar-refractivity contribution >= 4 is 46.6 Å². The number of rotatable bonds is 7. The highest BCUT2D eigenvalue weighted by Gasteiger charge is 2.30. The summed E-state index contributed by atoms with van der Waals surface area (Å²) >= 11 is 7.60. The van der Waals surface area contributed by atoms with Gasteiger partial charge in [0.1, 0.15) is 0 Å². The van der Waals surface area contributed by atoms with Gasteiger partial charge in [0.2, 0.25) is 5.91 Å². The lowest BCUT2D eigenvalue weighted by molar-refractivity contribution is -0.385. The summed E-state index contributed by atoms with van der Waals surface area (Å²) in [5.41, 5.74) is 3.53. The number of anilines is 1. The lowest BCUT2D eigenvalue weighted by Crippen LogP contribution is -2.30. The topological polar surface area (TPSA) is 92.6 Å². The number of nitro groups is 1. The van der Waals surface area contributed by atoms with Crippen LogP contribution in [-0.2, 0) is 17.9 Å². The maximum atomic E-state index is 13.5. The van der Waals surface area contributed by atoms with Crippen LogP contribution in [0.5, 0.6) is 0 Å². The highest BCUT2D eigenvalue weighted by molar-refractivity contribution is 7.99. The van der Waals surface area contributed by atoms with Crippen molar-refractivity contribution in [2.24, 2.45) is 0 Å². The number of halogens is 1. The predicted octanol–water partition coefficient (Wildman–Crippen LogP) is 6.95. The standard InChI is InChI=1S/C30H24ClN3O4S/c31-24-8-5-6-20(16-24)18-32-30(36)22-14-12-21(13-15-22)28-17-29(35)33(26-10-3-4-11-27(26)39-28)19-23-7-1-2-9-25(23)34(37)38/h1-16,28H,17-19H2,(H,32,36). The number of hydrogen-bond donors (Lipinski definition) is 1. The quantitative estimate of drug-likeness (QED) is 0.196. The number of amides is 2. The molecule has 1 N–H and O–H groups in total. The third-order valence-electron chi connectivity index (χ3n) is 6.49. The van der Waals surface area contributed by atoms with Crippen molar-refractivity contribution < 1.29 is 14.5 Å². The third kappa shape index (κ3) is 6.13. The number of hydrogen-bond acceptors (Lipinski definition) is 5. The number of carbonyl (C=O) groups excluding carboxylic acids is 2. The molecule has 5 rings (SSSR count). The van der Waals surface area contributed by atoms with Crippen molar-refractivity contribution in [2.45, 2.75) is 29.7 Å². The average Bonchev–Trinajstić information content (AvgIpc) is 3.08. The molecule has 1 heterocycles. The van der Waals surface area contributed by atoms with Crippen molar-refractivity contribution in [3.05, 3.63) is 134 Å². The Morgan fingerprint density at radius 1 is 1.00 bits per heavy atom. The van der Waals surface area contributed by atoms with E-state index in [4.69, 9.17) is 11.6 Å². The van der Waals surface area contributed by atoms with Crippen LogP contribution in [-0.4, -0.2) is 16.7 Å². The number of nitrogens with one attached hydrogen (secondary N) is 1. The van der Waals surface area contributed by atoms with E-state index in [1.165, 1.54) is 6.07 Å². The van der Waals surface area contributed by atoms with Crippen molar-refractivity contribution in [1.29, 1.82) is 0 Å². The smallest absolute Gasteiger partial charge is 0.274 e. The molecule has 1 aliphatic heterocycles. The Labute approximate surface area is 234 Å². The van der Waals surface area contributed by atoms with Crippen LogP contribution in [0.4, 0.5) is 11.4 Å². The molecule has 2 amide bonds. The second kappa shape index (κ2) is 11.7. The van der Waals surface area contributed by atoms with E-state index in [0.717, 1.165) is 21.7 Å². The van der Waals surface area contributed by atoms with E-state index in [-0.39, 0.29) is 35.7 Å². The Bertz CT molecular complexity index is 1540. The molecule has 0 spiro atoms. The lowest BCUT2D eigenvalue weighted by Gasteiger charge is -2.22. The first kappa shape index (κ1) is 26.5. The molecule has 0 aliphatic carbocycles. The summed E-state index contributed by atoms with van der Waals surface area (Å²) in [7, 11) is 0. The number of nitrogens with zero attached hydrogens (tertiary/aromatic N) is 2. The summed E-state index contributed by atoms with van der Waals surface area (Å²) in [5, 5.41) is 14.9.